The Morgan fingerprint density at radius 2 is 1.53 bits per heavy atom. The summed E-state index contributed by atoms with van der Waals surface area (Å²) in [5.74, 6) is -0.744. The van der Waals surface area contributed by atoms with Crippen molar-refractivity contribution >= 4 is 5.97 Å². The monoisotopic (exact) mass is 262 g/mol. The average molecular weight is 262 g/mol. The highest BCUT2D eigenvalue weighted by Crippen LogP contribution is 2.15. The number of aliphatic carboxylic acids is 1. The number of carbonyl (C=O) groups is 1. The van der Waals surface area contributed by atoms with Crippen LogP contribution in [0.2, 0.25) is 0 Å². The molecule has 0 unspecified atom stereocenters. The van der Waals surface area contributed by atoms with Gasteiger partial charge in [-0.3, -0.25) is 4.79 Å². The van der Waals surface area contributed by atoms with Crippen molar-refractivity contribution in [2.75, 3.05) is 0 Å². The van der Waals surface area contributed by atoms with Gasteiger partial charge in [0.05, 0.1) is 6.42 Å². The molecule has 2 heteroatoms. The molecule has 0 heterocycles. The minimum Gasteiger partial charge on any atom is -0.481 e. The third-order valence-electron chi connectivity index (χ3n) is 3.51. The van der Waals surface area contributed by atoms with Gasteiger partial charge < -0.3 is 5.11 Å². The van der Waals surface area contributed by atoms with Crippen molar-refractivity contribution in [1.29, 1.82) is 0 Å². The maximum atomic E-state index is 10.8. The summed E-state index contributed by atoms with van der Waals surface area (Å²) in [6.07, 6.45) is 10.2. The Balaban J connectivity index is 2.26. The molecule has 0 aliphatic rings. The van der Waals surface area contributed by atoms with Gasteiger partial charge in [0, 0.05) is 0 Å². The summed E-state index contributed by atoms with van der Waals surface area (Å²) in [7, 11) is 0. The summed E-state index contributed by atoms with van der Waals surface area (Å²) in [5, 5.41) is 8.88. The summed E-state index contributed by atoms with van der Waals surface area (Å²) in [6.45, 7) is 2.24. The second-order valence-electron chi connectivity index (χ2n) is 5.21. The van der Waals surface area contributed by atoms with Gasteiger partial charge in [-0.25, -0.2) is 0 Å². The first kappa shape index (κ1) is 15.7. The average Bonchev–Trinajstić information content (AvgIpc) is 2.39. The third-order valence-corrected chi connectivity index (χ3v) is 3.51. The fourth-order valence-electron chi connectivity index (χ4n) is 2.41. The van der Waals surface area contributed by atoms with E-state index >= 15 is 0 Å². The first-order valence-electron chi connectivity index (χ1n) is 7.52. The van der Waals surface area contributed by atoms with Gasteiger partial charge in [0.25, 0.3) is 0 Å². The summed E-state index contributed by atoms with van der Waals surface area (Å²) < 4.78 is 0. The molecular formula is C17H26O2. The van der Waals surface area contributed by atoms with Crippen LogP contribution >= 0.6 is 0 Å². The smallest absolute Gasteiger partial charge is 0.307 e. The Kier molecular flexibility index (Phi) is 7.95. The van der Waals surface area contributed by atoms with Gasteiger partial charge in [0.2, 0.25) is 0 Å². The predicted molar refractivity (Wildman–Crippen MR) is 79.5 cm³/mol. The van der Waals surface area contributed by atoms with E-state index in [9.17, 15) is 4.79 Å². The zero-order chi connectivity index (χ0) is 13.9. The van der Waals surface area contributed by atoms with Crippen LogP contribution in [-0.2, 0) is 17.6 Å². The predicted octanol–water partition coefficient (Wildman–Crippen LogP) is 4.61. The van der Waals surface area contributed by atoms with Gasteiger partial charge in [-0.15, -0.1) is 0 Å². The molecule has 0 saturated carbocycles. The standard InChI is InChI=1S/C17H26O2/c1-2-3-4-5-6-7-8-11-15-12-9-10-13-16(15)14-17(18)19/h9-10,12-13H,2-8,11,14H2,1H3,(H,18,19). The molecule has 1 aromatic carbocycles. The lowest BCUT2D eigenvalue weighted by Crippen LogP contribution is -2.03. The van der Waals surface area contributed by atoms with Crippen molar-refractivity contribution in [2.45, 2.75) is 64.7 Å². The molecule has 19 heavy (non-hydrogen) atoms. The number of carboxylic acids is 1. The maximum absolute atomic E-state index is 10.8. The van der Waals surface area contributed by atoms with Crippen LogP contribution in [-0.4, -0.2) is 11.1 Å². The molecular weight excluding hydrogens is 236 g/mol. The van der Waals surface area contributed by atoms with Gasteiger partial charge in [-0.05, 0) is 24.0 Å². The van der Waals surface area contributed by atoms with Gasteiger partial charge in [0.15, 0.2) is 0 Å². The van der Waals surface area contributed by atoms with Crippen molar-refractivity contribution in [3.05, 3.63) is 35.4 Å². The van der Waals surface area contributed by atoms with E-state index in [0.29, 0.717) is 0 Å². The molecule has 0 aliphatic heterocycles. The SMILES string of the molecule is CCCCCCCCCc1ccccc1CC(=O)O. The molecule has 0 radical (unpaired) electrons. The van der Waals surface area contributed by atoms with Gasteiger partial charge in [0.1, 0.15) is 0 Å². The van der Waals surface area contributed by atoms with E-state index in [2.05, 4.69) is 13.0 Å². The van der Waals surface area contributed by atoms with Crippen LogP contribution in [0.15, 0.2) is 24.3 Å². The second kappa shape index (κ2) is 9.60. The van der Waals surface area contributed by atoms with Gasteiger partial charge in [-0.2, -0.15) is 0 Å². The Bertz CT molecular complexity index is 371. The molecule has 0 aliphatic carbocycles. The van der Waals surface area contributed by atoms with Crippen molar-refractivity contribution in [2.24, 2.45) is 0 Å². The molecule has 0 fully saturated rings. The summed E-state index contributed by atoms with van der Waals surface area (Å²) >= 11 is 0. The van der Waals surface area contributed by atoms with Crippen molar-refractivity contribution in [1.82, 2.24) is 0 Å². The minimum atomic E-state index is -0.744. The number of hydrogen-bond acceptors (Lipinski definition) is 1. The molecule has 1 N–H and O–H groups in total. The first-order valence-corrected chi connectivity index (χ1v) is 7.52. The molecule has 1 aromatic rings. The number of aryl methyl sites for hydroxylation is 1. The second-order valence-corrected chi connectivity index (χ2v) is 5.21. The normalized spacial score (nSPS) is 10.6. The van der Waals surface area contributed by atoms with Crippen LogP contribution < -0.4 is 0 Å². The molecule has 0 aromatic heterocycles. The molecule has 2 nitrogen and oxygen atoms in total. The van der Waals surface area contributed by atoms with Crippen LogP contribution in [0.5, 0.6) is 0 Å². The fraction of sp³-hybridized carbons (Fsp3) is 0.588. The Labute approximate surface area is 116 Å². The van der Waals surface area contributed by atoms with E-state index in [4.69, 9.17) is 5.11 Å². The zero-order valence-corrected chi connectivity index (χ0v) is 12.0. The van der Waals surface area contributed by atoms with E-state index in [0.717, 1.165) is 12.0 Å². The van der Waals surface area contributed by atoms with Crippen molar-refractivity contribution in [3.63, 3.8) is 0 Å². The maximum Gasteiger partial charge on any atom is 0.307 e. The highest BCUT2D eigenvalue weighted by atomic mass is 16.4. The van der Waals surface area contributed by atoms with Crippen LogP contribution in [0.4, 0.5) is 0 Å². The topological polar surface area (TPSA) is 37.3 Å². The molecule has 0 bridgehead atoms. The largest absolute Gasteiger partial charge is 0.481 e. The molecule has 0 atom stereocenters. The Morgan fingerprint density at radius 1 is 0.947 bits per heavy atom. The van der Waals surface area contributed by atoms with Crippen molar-refractivity contribution in [3.8, 4) is 0 Å². The number of rotatable bonds is 10. The van der Waals surface area contributed by atoms with Gasteiger partial charge >= 0.3 is 5.97 Å². The number of unbranched alkanes of at least 4 members (excludes halogenated alkanes) is 6. The quantitative estimate of drug-likeness (QED) is 0.625. The lowest BCUT2D eigenvalue weighted by molar-refractivity contribution is -0.136. The Morgan fingerprint density at radius 3 is 2.16 bits per heavy atom. The van der Waals surface area contributed by atoms with Crippen LogP contribution in [0, 0.1) is 0 Å². The molecule has 0 saturated heterocycles. The zero-order valence-electron chi connectivity index (χ0n) is 12.0. The van der Waals surface area contributed by atoms with E-state index in [1.54, 1.807) is 0 Å². The van der Waals surface area contributed by atoms with Crippen molar-refractivity contribution < 1.29 is 9.90 Å². The lowest BCUT2D eigenvalue weighted by atomic mass is 9.98. The first-order chi connectivity index (χ1) is 9.24. The van der Waals surface area contributed by atoms with E-state index < -0.39 is 5.97 Å². The van der Waals surface area contributed by atoms with Gasteiger partial charge in [-0.1, -0.05) is 69.7 Å². The van der Waals surface area contributed by atoms with E-state index in [1.165, 1.54) is 50.5 Å². The van der Waals surface area contributed by atoms with E-state index in [1.807, 2.05) is 18.2 Å². The fourth-order valence-corrected chi connectivity index (χ4v) is 2.41. The lowest BCUT2D eigenvalue weighted by Gasteiger charge is -2.07. The highest BCUT2D eigenvalue weighted by molar-refractivity contribution is 5.70. The molecule has 106 valence electrons. The minimum absolute atomic E-state index is 0.146. The van der Waals surface area contributed by atoms with E-state index in [-0.39, 0.29) is 6.42 Å². The highest BCUT2D eigenvalue weighted by Gasteiger charge is 2.05. The van der Waals surface area contributed by atoms with Crippen LogP contribution in [0.25, 0.3) is 0 Å². The molecule has 0 amide bonds. The molecule has 0 spiro atoms. The number of hydrogen-bond donors (Lipinski definition) is 1. The third kappa shape index (κ3) is 7.00. The number of benzene rings is 1. The van der Waals surface area contributed by atoms with Crippen LogP contribution in [0.3, 0.4) is 0 Å². The summed E-state index contributed by atoms with van der Waals surface area (Å²) in [5.41, 5.74) is 2.18. The molecule has 1 rings (SSSR count). The summed E-state index contributed by atoms with van der Waals surface area (Å²) in [6, 6.07) is 7.93. The number of carboxylic acid groups (broad SMARTS) is 1. The van der Waals surface area contributed by atoms with Crippen LogP contribution in [0.1, 0.15) is 63.0 Å². The Hall–Kier alpha value is -1.31. The summed E-state index contributed by atoms with van der Waals surface area (Å²) in [4.78, 5) is 10.8.